The third-order valence-electron chi connectivity index (χ3n) is 3.27. The minimum Gasteiger partial charge on any atom is -0.466 e. The molecular formula is C19H20O6. The fourth-order valence-electron chi connectivity index (χ4n) is 1.91. The summed E-state index contributed by atoms with van der Waals surface area (Å²) in [5.74, 6) is -1.47. The summed E-state index contributed by atoms with van der Waals surface area (Å²) >= 11 is 0. The Morgan fingerprint density at radius 3 is 1.44 bits per heavy atom. The molecule has 0 saturated carbocycles. The number of methoxy groups -OCH3 is 3. The Morgan fingerprint density at radius 2 is 1.04 bits per heavy atom. The van der Waals surface area contributed by atoms with Gasteiger partial charge in [-0.05, 0) is 53.5 Å². The molecule has 0 N–H and O–H groups in total. The monoisotopic (exact) mass is 344 g/mol. The van der Waals surface area contributed by atoms with Gasteiger partial charge < -0.3 is 14.2 Å². The summed E-state index contributed by atoms with van der Waals surface area (Å²) in [6, 6.07) is 3.61. The highest BCUT2D eigenvalue weighted by molar-refractivity contribution is 5.91. The molecule has 0 spiro atoms. The van der Waals surface area contributed by atoms with Crippen LogP contribution in [0.2, 0.25) is 0 Å². The van der Waals surface area contributed by atoms with Crippen molar-refractivity contribution in [1.82, 2.24) is 0 Å². The van der Waals surface area contributed by atoms with Crippen molar-refractivity contribution >= 4 is 36.1 Å². The zero-order chi connectivity index (χ0) is 18.8. The van der Waals surface area contributed by atoms with E-state index < -0.39 is 17.9 Å². The normalized spacial score (nSPS) is 11.2. The van der Waals surface area contributed by atoms with Crippen LogP contribution in [0.25, 0.3) is 18.2 Å². The molecule has 6 nitrogen and oxygen atoms in total. The first kappa shape index (κ1) is 19.9. The van der Waals surface area contributed by atoms with Gasteiger partial charge in [-0.2, -0.15) is 0 Å². The first-order valence-corrected chi connectivity index (χ1v) is 7.34. The highest BCUT2D eigenvalue weighted by atomic mass is 16.5. The van der Waals surface area contributed by atoms with Gasteiger partial charge in [0.05, 0.1) is 21.3 Å². The fourth-order valence-corrected chi connectivity index (χ4v) is 1.91. The summed E-state index contributed by atoms with van der Waals surface area (Å²) in [5, 5.41) is 0. The number of hydrogen-bond acceptors (Lipinski definition) is 6. The van der Waals surface area contributed by atoms with Crippen molar-refractivity contribution in [3.05, 3.63) is 52.6 Å². The largest absolute Gasteiger partial charge is 0.466 e. The van der Waals surface area contributed by atoms with Crippen molar-refractivity contribution < 1.29 is 28.6 Å². The third-order valence-corrected chi connectivity index (χ3v) is 3.27. The van der Waals surface area contributed by atoms with E-state index in [2.05, 4.69) is 14.2 Å². The van der Waals surface area contributed by atoms with Gasteiger partial charge in [-0.15, -0.1) is 0 Å². The summed E-state index contributed by atoms with van der Waals surface area (Å²) in [4.78, 5) is 33.9. The molecule has 0 aromatic heterocycles. The lowest BCUT2D eigenvalue weighted by Gasteiger charge is -2.08. The molecule has 0 bridgehead atoms. The van der Waals surface area contributed by atoms with Crippen LogP contribution in [-0.2, 0) is 28.6 Å². The van der Waals surface area contributed by atoms with Crippen LogP contribution >= 0.6 is 0 Å². The molecule has 1 aromatic rings. The lowest BCUT2D eigenvalue weighted by molar-refractivity contribution is -0.135. The lowest BCUT2D eigenvalue weighted by Crippen LogP contribution is -1.97. The number of rotatable bonds is 6. The Kier molecular flexibility index (Phi) is 7.86. The number of ether oxygens (including phenoxy) is 3. The van der Waals surface area contributed by atoms with E-state index in [4.69, 9.17) is 0 Å². The van der Waals surface area contributed by atoms with E-state index in [1.165, 1.54) is 39.6 Å². The van der Waals surface area contributed by atoms with Gasteiger partial charge in [0.2, 0.25) is 0 Å². The van der Waals surface area contributed by atoms with Crippen LogP contribution in [0.15, 0.2) is 30.4 Å². The standard InChI is InChI=1S/C19H20O6/c1-13-11-15(6-9-18(21)24-3)16(7-10-19(22)25-4)12-14(13)5-8-17(20)23-2/h5-12H,1-4H3/b8-5+,9-6+,10-7+. The topological polar surface area (TPSA) is 78.9 Å². The maximum Gasteiger partial charge on any atom is 0.330 e. The average molecular weight is 344 g/mol. The number of aryl methyl sites for hydroxylation is 1. The smallest absolute Gasteiger partial charge is 0.330 e. The van der Waals surface area contributed by atoms with Gasteiger partial charge in [-0.1, -0.05) is 6.07 Å². The first-order valence-electron chi connectivity index (χ1n) is 7.34. The van der Waals surface area contributed by atoms with Gasteiger partial charge in [0.25, 0.3) is 0 Å². The third kappa shape index (κ3) is 6.47. The van der Waals surface area contributed by atoms with Gasteiger partial charge in [0, 0.05) is 18.2 Å². The number of hydrogen-bond donors (Lipinski definition) is 0. The van der Waals surface area contributed by atoms with Crippen molar-refractivity contribution in [3.8, 4) is 0 Å². The predicted molar refractivity (Wildman–Crippen MR) is 94.3 cm³/mol. The van der Waals surface area contributed by atoms with Gasteiger partial charge in [0.15, 0.2) is 0 Å². The zero-order valence-corrected chi connectivity index (χ0v) is 14.6. The first-order chi connectivity index (χ1) is 11.9. The molecule has 132 valence electrons. The molecule has 0 saturated heterocycles. The maximum atomic E-state index is 11.3. The number of benzene rings is 1. The van der Waals surface area contributed by atoms with Crippen molar-refractivity contribution in [2.24, 2.45) is 0 Å². The Labute approximate surface area is 146 Å². The maximum absolute atomic E-state index is 11.3. The van der Waals surface area contributed by atoms with E-state index in [0.29, 0.717) is 11.1 Å². The van der Waals surface area contributed by atoms with Crippen LogP contribution in [0.1, 0.15) is 22.3 Å². The number of carbonyl (C=O) groups is 3. The minimum absolute atomic E-state index is 0.472. The molecule has 1 aromatic carbocycles. The second-order valence-corrected chi connectivity index (χ2v) is 4.91. The van der Waals surface area contributed by atoms with E-state index in [1.54, 1.807) is 24.3 Å². The Hall–Kier alpha value is -3.15. The predicted octanol–water partition coefficient (Wildman–Crippen LogP) is 2.55. The minimum atomic E-state index is -0.505. The van der Waals surface area contributed by atoms with E-state index in [1.807, 2.05) is 13.0 Å². The van der Waals surface area contributed by atoms with Gasteiger partial charge in [0.1, 0.15) is 0 Å². The van der Waals surface area contributed by atoms with Gasteiger partial charge in [-0.25, -0.2) is 14.4 Å². The van der Waals surface area contributed by atoms with Crippen LogP contribution in [0.4, 0.5) is 0 Å². The van der Waals surface area contributed by atoms with Crippen LogP contribution in [0, 0.1) is 6.92 Å². The molecule has 0 aliphatic heterocycles. The Bertz CT molecular complexity index is 741. The van der Waals surface area contributed by atoms with E-state index >= 15 is 0 Å². The van der Waals surface area contributed by atoms with E-state index in [0.717, 1.165) is 11.1 Å². The van der Waals surface area contributed by atoms with E-state index in [-0.39, 0.29) is 0 Å². The molecule has 0 aliphatic rings. The molecule has 25 heavy (non-hydrogen) atoms. The second-order valence-electron chi connectivity index (χ2n) is 4.91. The number of esters is 3. The molecule has 0 atom stereocenters. The highest BCUT2D eigenvalue weighted by Gasteiger charge is 2.05. The molecule has 0 aliphatic carbocycles. The fraction of sp³-hybridized carbons (Fsp3) is 0.211. The summed E-state index contributed by atoms with van der Waals surface area (Å²) in [6.45, 7) is 1.86. The average Bonchev–Trinajstić information content (AvgIpc) is 2.63. The lowest BCUT2D eigenvalue weighted by atomic mass is 9.98. The highest BCUT2D eigenvalue weighted by Crippen LogP contribution is 2.21. The summed E-state index contributed by atoms with van der Waals surface area (Å²) in [7, 11) is 3.87. The van der Waals surface area contributed by atoms with Crippen molar-refractivity contribution in [2.75, 3.05) is 21.3 Å². The Morgan fingerprint density at radius 1 is 0.680 bits per heavy atom. The summed E-state index contributed by atoms with van der Waals surface area (Å²) in [6.07, 6.45) is 8.63. The van der Waals surface area contributed by atoms with Gasteiger partial charge in [-0.3, -0.25) is 0 Å². The van der Waals surface area contributed by atoms with Crippen LogP contribution in [-0.4, -0.2) is 39.2 Å². The second kappa shape index (κ2) is 9.87. The van der Waals surface area contributed by atoms with Crippen molar-refractivity contribution in [1.29, 1.82) is 0 Å². The molecule has 0 radical (unpaired) electrons. The molecule has 0 unspecified atom stereocenters. The zero-order valence-electron chi connectivity index (χ0n) is 14.6. The SMILES string of the molecule is COC(=O)/C=C/c1cc(/C=C/C(=O)OC)c(/C=C/C(=O)OC)cc1C. The number of carbonyl (C=O) groups excluding carboxylic acids is 3. The molecular weight excluding hydrogens is 324 g/mol. The molecule has 1 rings (SSSR count). The van der Waals surface area contributed by atoms with Crippen LogP contribution in [0.3, 0.4) is 0 Å². The van der Waals surface area contributed by atoms with Crippen molar-refractivity contribution in [2.45, 2.75) is 6.92 Å². The quantitative estimate of drug-likeness (QED) is 0.448. The molecule has 0 amide bonds. The van der Waals surface area contributed by atoms with Gasteiger partial charge >= 0.3 is 17.9 Å². The molecule has 6 heteroatoms. The van der Waals surface area contributed by atoms with E-state index in [9.17, 15) is 14.4 Å². The molecule has 0 heterocycles. The summed E-state index contributed by atoms with van der Waals surface area (Å²) in [5.41, 5.74) is 3.02. The summed E-state index contributed by atoms with van der Waals surface area (Å²) < 4.78 is 13.7. The van der Waals surface area contributed by atoms with Crippen LogP contribution in [0.5, 0.6) is 0 Å². The van der Waals surface area contributed by atoms with Crippen molar-refractivity contribution in [3.63, 3.8) is 0 Å². The van der Waals surface area contributed by atoms with Crippen LogP contribution < -0.4 is 0 Å². The molecule has 0 fully saturated rings. The Balaban J connectivity index is 3.33.